The maximum atomic E-state index is 6.10. The fourth-order valence-electron chi connectivity index (χ4n) is 1.43. The van der Waals surface area contributed by atoms with Crippen molar-refractivity contribution in [1.29, 1.82) is 0 Å². The number of nitrogens with one attached hydrogen (secondary N) is 1. The number of aromatic nitrogens is 1. The summed E-state index contributed by atoms with van der Waals surface area (Å²) in [7, 11) is 0. The molecule has 2 aromatic rings. The molecule has 0 atom stereocenters. The summed E-state index contributed by atoms with van der Waals surface area (Å²) in [5.74, 6) is 0. The van der Waals surface area contributed by atoms with Gasteiger partial charge < -0.3 is 5.32 Å². The van der Waals surface area contributed by atoms with E-state index in [0.29, 0.717) is 26.8 Å². The van der Waals surface area contributed by atoms with Crippen LogP contribution in [-0.4, -0.2) is 4.98 Å². The monoisotopic (exact) mass is 320 g/mol. The van der Waals surface area contributed by atoms with E-state index in [1.165, 1.54) is 0 Å². The molecule has 0 fully saturated rings. The Hall–Kier alpha value is -0.670. The van der Waals surface area contributed by atoms with Gasteiger partial charge in [0.1, 0.15) is 5.15 Å². The Kier molecular flexibility index (Phi) is 4.57. The number of rotatable bonds is 3. The van der Waals surface area contributed by atoms with Crippen LogP contribution in [0.1, 0.15) is 5.56 Å². The van der Waals surface area contributed by atoms with Gasteiger partial charge in [-0.25, -0.2) is 4.98 Å². The van der Waals surface area contributed by atoms with Gasteiger partial charge in [-0.1, -0.05) is 46.4 Å². The standard InChI is InChI=1S/C12H8Cl4N2/c13-9-1-2-10(14)12(16)8(9)6-18-7-3-4-17-11(15)5-7/h1-5H,6H2,(H,17,18). The minimum atomic E-state index is 0.420. The molecule has 6 heteroatoms. The summed E-state index contributed by atoms with van der Waals surface area (Å²) >= 11 is 23.9. The molecule has 18 heavy (non-hydrogen) atoms. The van der Waals surface area contributed by atoms with E-state index >= 15 is 0 Å². The Balaban J connectivity index is 2.18. The summed E-state index contributed by atoms with van der Waals surface area (Å²) in [6.07, 6.45) is 1.62. The minimum Gasteiger partial charge on any atom is -0.381 e. The van der Waals surface area contributed by atoms with Crippen LogP contribution in [0.3, 0.4) is 0 Å². The first-order chi connectivity index (χ1) is 8.58. The normalized spacial score (nSPS) is 10.4. The van der Waals surface area contributed by atoms with Crippen LogP contribution in [0, 0.1) is 0 Å². The number of halogens is 4. The third kappa shape index (κ3) is 3.21. The first kappa shape index (κ1) is 13.8. The number of hydrogen-bond acceptors (Lipinski definition) is 2. The second-order valence-electron chi connectivity index (χ2n) is 3.54. The molecule has 1 aromatic heterocycles. The Morgan fingerprint density at radius 1 is 1.00 bits per heavy atom. The maximum Gasteiger partial charge on any atom is 0.131 e. The van der Waals surface area contributed by atoms with Crippen LogP contribution in [0.4, 0.5) is 5.69 Å². The van der Waals surface area contributed by atoms with Crippen LogP contribution in [0.25, 0.3) is 0 Å². The highest BCUT2D eigenvalue weighted by Gasteiger charge is 2.09. The smallest absolute Gasteiger partial charge is 0.131 e. The number of hydrogen-bond donors (Lipinski definition) is 1. The maximum absolute atomic E-state index is 6.10. The molecule has 0 saturated carbocycles. The Morgan fingerprint density at radius 2 is 1.72 bits per heavy atom. The molecule has 0 spiro atoms. The van der Waals surface area contributed by atoms with E-state index in [1.54, 1.807) is 30.5 Å². The fraction of sp³-hybridized carbons (Fsp3) is 0.0833. The number of benzene rings is 1. The van der Waals surface area contributed by atoms with Gasteiger partial charge in [-0.05, 0) is 24.3 Å². The average molecular weight is 322 g/mol. The van der Waals surface area contributed by atoms with Crippen LogP contribution in [-0.2, 0) is 6.54 Å². The summed E-state index contributed by atoms with van der Waals surface area (Å²) in [5.41, 5.74) is 1.58. The molecule has 0 amide bonds. The third-order valence-corrected chi connectivity index (χ3v) is 3.74. The summed E-state index contributed by atoms with van der Waals surface area (Å²) in [4.78, 5) is 3.90. The van der Waals surface area contributed by atoms with Gasteiger partial charge in [0.15, 0.2) is 0 Å². The van der Waals surface area contributed by atoms with Crippen molar-refractivity contribution < 1.29 is 0 Å². The van der Waals surface area contributed by atoms with Gasteiger partial charge in [-0.2, -0.15) is 0 Å². The van der Waals surface area contributed by atoms with E-state index in [0.717, 1.165) is 11.3 Å². The lowest BCUT2D eigenvalue weighted by molar-refractivity contribution is 1.14. The van der Waals surface area contributed by atoms with Gasteiger partial charge >= 0.3 is 0 Å². The number of anilines is 1. The quantitative estimate of drug-likeness (QED) is 0.612. The molecule has 0 saturated heterocycles. The zero-order chi connectivity index (χ0) is 13.1. The zero-order valence-corrected chi connectivity index (χ0v) is 12.1. The predicted molar refractivity (Wildman–Crippen MR) is 78.0 cm³/mol. The number of nitrogens with zero attached hydrogens (tertiary/aromatic N) is 1. The molecule has 0 aliphatic heterocycles. The first-order valence-corrected chi connectivity index (χ1v) is 6.57. The molecule has 2 rings (SSSR count). The van der Waals surface area contributed by atoms with Gasteiger partial charge in [0, 0.05) is 29.0 Å². The van der Waals surface area contributed by atoms with E-state index in [2.05, 4.69) is 10.3 Å². The van der Waals surface area contributed by atoms with Crippen molar-refractivity contribution in [3.63, 3.8) is 0 Å². The average Bonchev–Trinajstić information content (AvgIpc) is 2.34. The van der Waals surface area contributed by atoms with Gasteiger partial charge in [-0.15, -0.1) is 0 Å². The summed E-state index contributed by atoms with van der Waals surface area (Å²) < 4.78 is 0. The highest BCUT2D eigenvalue weighted by Crippen LogP contribution is 2.31. The topological polar surface area (TPSA) is 24.9 Å². The molecular formula is C12H8Cl4N2. The van der Waals surface area contributed by atoms with Crippen molar-refractivity contribution in [1.82, 2.24) is 4.98 Å². The molecule has 1 aromatic carbocycles. The molecule has 1 heterocycles. The van der Waals surface area contributed by atoms with Crippen LogP contribution < -0.4 is 5.32 Å². The lowest BCUT2D eigenvalue weighted by Crippen LogP contribution is -2.01. The summed E-state index contributed by atoms with van der Waals surface area (Å²) in [6.45, 7) is 0.457. The van der Waals surface area contributed by atoms with E-state index in [-0.39, 0.29) is 0 Å². The van der Waals surface area contributed by atoms with Crippen molar-refractivity contribution >= 4 is 52.1 Å². The second kappa shape index (κ2) is 5.98. The molecule has 0 radical (unpaired) electrons. The van der Waals surface area contributed by atoms with Crippen LogP contribution in [0.5, 0.6) is 0 Å². The first-order valence-electron chi connectivity index (χ1n) is 5.05. The second-order valence-corrected chi connectivity index (χ2v) is 5.12. The largest absolute Gasteiger partial charge is 0.381 e. The van der Waals surface area contributed by atoms with E-state index < -0.39 is 0 Å². The molecule has 0 bridgehead atoms. The van der Waals surface area contributed by atoms with Crippen molar-refractivity contribution in [2.24, 2.45) is 0 Å². The molecule has 94 valence electrons. The molecule has 2 nitrogen and oxygen atoms in total. The van der Waals surface area contributed by atoms with Crippen molar-refractivity contribution in [3.8, 4) is 0 Å². The number of pyridine rings is 1. The molecule has 0 unspecified atom stereocenters. The van der Waals surface area contributed by atoms with Crippen molar-refractivity contribution in [3.05, 3.63) is 56.2 Å². The van der Waals surface area contributed by atoms with Gasteiger partial charge in [0.25, 0.3) is 0 Å². The van der Waals surface area contributed by atoms with Gasteiger partial charge in [0.2, 0.25) is 0 Å². The van der Waals surface area contributed by atoms with Crippen molar-refractivity contribution in [2.75, 3.05) is 5.32 Å². The van der Waals surface area contributed by atoms with Crippen LogP contribution >= 0.6 is 46.4 Å². The lowest BCUT2D eigenvalue weighted by atomic mass is 10.2. The molecule has 0 aliphatic rings. The highest BCUT2D eigenvalue weighted by atomic mass is 35.5. The SMILES string of the molecule is Clc1cc(NCc2c(Cl)ccc(Cl)c2Cl)ccn1. The summed E-state index contributed by atoms with van der Waals surface area (Å²) in [6, 6.07) is 6.90. The van der Waals surface area contributed by atoms with E-state index in [4.69, 9.17) is 46.4 Å². The zero-order valence-electron chi connectivity index (χ0n) is 9.05. The van der Waals surface area contributed by atoms with Gasteiger partial charge in [-0.3, -0.25) is 0 Å². The van der Waals surface area contributed by atoms with Crippen LogP contribution in [0.15, 0.2) is 30.5 Å². The van der Waals surface area contributed by atoms with E-state index in [1.807, 2.05) is 0 Å². The van der Waals surface area contributed by atoms with E-state index in [9.17, 15) is 0 Å². The highest BCUT2D eigenvalue weighted by molar-refractivity contribution is 6.44. The predicted octanol–water partition coefficient (Wildman–Crippen LogP) is 5.31. The Morgan fingerprint density at radius 3 is 2.44 bits per heavy atom. The third-order valence-electron chi connectivity index (χ3n) is 2.33. The molecule has 0 aliphatic carbocycles. The fourth-order valence-corrected chi connectivity index (χ4v) is 2.29. The van der Waals surface area contributed by atoms with Crippen LogP contribution in [0.2, 0.25) is 20.2 Å². The molecular weight excluding hydrogens is 314 g/mol. The molecule has 1 N–H and O–H groups in total. The Labute approximate surface area is 125 Å². The minimum absolute atomic E-state index is 0.420. The summed E-state index contributed by atoms with van der Waals surface area (Å²) in [5, 5.41) is 5.08. The van der Waals surface area contributed by atoms with Crippen molar-refractivity contribution in [2.45, 2.75) is 6.54 Å². The van der Waals surface area contributed by atoms with Gasteiger partial charge in [0.05, 0.1) is 10.0 Å². The lowest BCUT2D eigenvalue weighted by Gasteiger charge is -2.10. The Bertz CT molecular complexity index is 572.